The molecule has 2 saturated carbocycles. The predicted octanol–water partition coefficient (Wildman–Crippen LogP) is 9.67. The number of benzene rings is 2. The van der Waals surface area contributed by atoms with Gasteiger partial charge in [0.1, 0.15) is 5.82 Å². The van der Waals surface area contributed by atoms with E-state index in [4.69, 9.17) is 4.74 Å². The Morgan fingerprint density at radius 3 is 2.14 bits per heavy atom. The highest BCUT2D eigenvalue weighted by Gasteiger charge is 2.36. The number of ether oxygens (including phenoxy) is 1. The fourth-order valence-corrected chi connectivity index (χ4v) is 6.08. The van der Waals surface area contributed by atoms with Crippen molar-refractivity contribution in [2.45, 2.75) is 95.5 Å². The Morgan fingerprint density at radius 1 is 0.889 bits per heavy atom. The summed E-state index contributed by atoms with van der Waals surface area (Å²) in [7, 11) is 0. The summed E-state index contributed by atoms with van der Waals surface area (Å²) in [5.41, 5.74) is 2.44. The molecular formula is C32H41F3O. The molecule has 0 spiro atoms. The molecule has 196 valence electrons. The largest absolute Gasteiger partial charge is 0.386 e. The molecule has 0 atom stereocenters. The second-order valence-electron chi connectivity index (χ2n) is 11.1. The number of hydrogen-bond donors (Lipinski definition) is 0. The molecule has 0 amide bonds. The first-order valence-electron chi connectivity index (χ1n) is 13.9. The number of alkyl halides is 2. The summed E-state index contributed by atoms with van der Waals surface area (Å²) >= 11 is 0. The van der Waals surface area contributed by atoms with Crippen LogP contribution >= 0.6 is 0 Å². The van der Waals surface area contributed by atoms with Crippen molar-refractivity contribution < 1.29 is 17.9 Å². The van der Waals surface area contributed by atoms with E-state index < -0.39 is 17.5 Å². The van der Waals surface area contributed by atoms with Crippen LogP contribution < -0.4 is 0 Å². The van der Waals surface area contributed by atoms with Crippen LogP contribution in [-0.2, 0) is 17.3 Å². The van der Waals surface area contributed by atoms with E-state index in [0.29, 0.717) is 18.3 Å². The highest BCUT2D eigenvalue weighted by Crippen LogP contribution is 2.40. The lowest BCUT2D eigenvalue weighted by molar-refractivity contribution is -0.249. The summed E-state index contributed by atoms with van der Waals surface area (Å²) < 4.78 is 49.1. The maximum atomic E-state index is 14.8. The van der Waals surface area contributed by atoms with Gasteiger partial charge in [0.2, 0.25) is 0 Å². The van der Waals surface area contributed by atoms with Gasteiger partial charge in [-0.05, 0) is 110 Å². The van der Waals surface area contributed by atoms with E-state index in [1.165, 1.54) is 43.4 Å². The quantitative estimate of drug-likeness (QED) is 0.296. The number of hydrogen-bond acceptors (Lipinski definition) is 1. The summed E-state index contributed by atoms with van der Waals surface area (Å²) in [5.74, 6) is 1.47. The summed E-state index contributed by atoms with van der Waals surface area (Å²) in [5, 5.41) is 0. The SMILES string of the molecule is C=CCC[C@H]1CC[C@H](c2ccc(C(F)(F)OCCc3ccc([C@H]4CC[C@H](C)CC4)cc3)c(F)c2)CC1. The molecule has 4 heteroatoms. The third-order valence-electron chi connectivity index (χ3n) is 8.54. The zero-order valence-corrected chi connectivity index (χ0v) is 21.7. The maximum absolute atomic E-state index is 14.8. The van der Waals surface area contributed by atoms with Crippen molar-refractivity contribution in [3.05, 3.63) is 83.2 Å². The van der Waals surface area contributed by atoms with Gasteiger partial charge < -0.3 is 4.74 Å². The highest BCUT2D eigenvalue weighted by atomic mass is 19.3. The predicted molar refractivity (Wildman–Crippen MR) is 141 cm³/mol. The third kappa shape index (κ3) is 7.03. The molecule has 2 aromatic rings. The van der Waals surface area contributed by atoms with Crippen molar-refractivity contribution in [1.29, 1.82) is 0 Å². The normalized spacial score (nSPS) is 25.0. The monoisotopic (exact) mass is 498 g/mol. The van der Waals surface area contributed by atoms with E-state index in [1.54, 1.807) is 6.07 Å². The first-order valence-corrected chi connectivity index (χ1v) is 13.9. The van der Waals surface area contributed by atoms with Crippen LogP contribution in [0.5, 0.6) is 0 Å². The molecular weight excluding hydrogens is 457 g/mol. The van der Waals surface area contributed by atoms with E-state index in [0.717, 1.165) is 55.6 Å². The van der Waals surface area contributed by atoms with Gasteiger partial charge >= 0.3 is 6.11 Å². The van der Waals surface area contributed by atoms with Gasteiger partial charge in [-0.25, -0.2) is 4.39 Å². The molecule has 0 unspecified atom stereocenters. The van der Waals surface area contributed by atoms with Crippen LogP contribution in [0.1, 0.15) is 105 Å². The van der Waals surface area contributed by atoms with Gasteiger partial charge in [-0.3, -0.25) is 0 Å². The van der Waals surface area contributed by atoms with Crippen LogP contribution in [0.3, 0.4) is 0 Å². The molecule has 0 radical (unpaired) electrons. The van der Waals surface area contributed by atoms with Crippen LogP contribution in [0, 0.1) is 17.7 Å². The Balaban J connectivity index is 1.28. The molecule has 0 bridgehead atoms. The third-order valence-corrected chi connectivity index (χ3v) is 8.54. The average molecular weight is 499 g/mol. The molecule has 2 fully saturated rings. The number of halogens is 3. The van der Waals surface area contributed by atoms with Gasteiger partial charge in [0.05, 0.1) is 12.2 Å². The Hall–Kier alpha value is -2.07. The zero-order valence-electron chi connectivity index (χ0n) is 21.7. The highest BCUT2D eigenvalue weighted by molar-refractivity contribution is 5.29. The Kier molecular flexibility index (Phi) is 9.33. The lowest BCUT2D eigenvalue weighted by Crippen LogP contribution is -2.22. The number of allylic oxidation sites excluding steroid dienone is 1. The minimum atomic E-state index is -3.65. The van der Waals surface area contributed by atoms with E-state index in [1.807, 2.05) is 18.2 Å². The van der Waals surface area contributed by atoms with E-state index in [-0.39, 0.29) is 12.5 Å². The zero-order chi connectivity index (χ0) is 25.5. The van der Waals surface area contributed by atoms with Crippen molar-refractivity contribution >= 4 is 0 Å². The lowest BCUT2D eigenvalue weighted by atomic mass is 9.77. The molecule has 0 N–H and O–H groups in total. The standard InChI is InChI=1S/C32H41F3O/c1-3-4-5-24-8-16-28(17-9-24)29-18-19-30(31(33)22-29)32(34,35)36-21-20-25-10-14-27(15-11-25)26-12-6-23(2)7-13-26/h3,10-11,14-15,18-19,22-24,26,28H,1,4-9,12-13,16-17,20-21H2,2H3/t23-,24-,26-,28-. The van der Waals surface area contributed by atoms with Gasteiger partial charge in [-0.15, -0.1) is 6.58 Å². The second kappa shape index (κ2) is 12.4. The summed E-state index contributed by atoms with van der Waals surface area (Å²) in [4.78, 5) is 0. The topological polar surface area (TPSA) is 9.23 Å². The van der Waals surface area contributed by atoms with Crippen LogP contribution in [-0.4, -0.2) is 6.61 Å². The molecule has 0 saturated heterocycles. The van der Waals surface area contributed by atoms with Gasteiger partial charge in [-0.1, -0.05) is 56.2 Å². The molecule has 0 aromatic heterocycles. The maximum Gasteiger partial charge on any atom is 0.386 e. The van der Waals surface area contributed by atoms with Crippen molar-refractivity contribution in [3.8, 4) is 0 Å². The molecule has 4 rings (SSSR count). The van der Waals surface area contributed by atoms with Crippen molar-refractivity contribution in [1.82, 2.24) is 0 Å². The molecule has 0 aliphatic heterocycles. The van der Waals surface area contributed by atoms with Gasteiger partial charge in [0.25, 0.3) is 0 Å². The first-order chi connectivity index (χ1) is 17.4. The number of rotatable bonds is 10. The average Bonchev–Trinajstić information content (AvgIpc) is 2.88. The first kappa shape index (κ1) is 27.0. The fourth-order valence-electron chi connectivity index (χ4n) is 6.08. The van der Waals surface area contributed by atoms with Crippen molar-refractivity contribution in [2.75, 3.05) is 6.61 Å². The molecule has 0 heterocycles. The Bertz CT molecular complexity index is 967. The lowest BCUT2D eigenvalue weighted by Gasteiger charge is -2.29. The van der Waals surface area contributed by atoms with Gasteiger partial charge in [0.15, 0.2) is 0 Å². The van der Waals surface area contributed by atoms with Crippen molar-refractivity contribution in [2.24, 2.45) is 11.8 Å². The summed E-state index contributed by atoms with van der Waals surface area (Å²) in [6, 6.07) is 12.4. The molecule has 2 aromatic carbocycles. The molecule has 36 heavy (non-hydrogen) atoms. The summed E-state index contributed by atoms with van der Waals surface area (Å²) in [6.07, 6.45) is 9.98. The minimum Gasteiger partial charge on any atom is -0.316 e. The summed E-state index contributed by atoms with van der Waals surface area (Å²) in [6.45, 7) is 5.94. The van der Waals surface area contributed by atoms with E-state index in [9.17, 15) is 13.2 Å². The molecule has 2 aliphatic rings. The van der Waals surface area contributed by atoms with Crippen molar-refractivity contribution in [3.63, 3.8) is 0 Å². The second-order valence-corrected chi connectivity index (χ2v) is 11.1. The smallest absolute Gasteiger partial charge is 0.316 e. The van der Waals surface area contributed by atoms with E-state index >= 15 is 0 Å². The minimum absolute atomic E-state index is 0.163. The van der Waals surface area contributed by atoms with Gasteiger partial charge in [-0.2, -0.15) is 8.78 Å². The van der Waals surface area contributed by atoms with Gasteiger partial charge in [0, 0.05) is 0 Å². The van der Waals surface area contributed by atoms with Crippen LogP contribution in [0.25, 0.3) is 0 Å². The Labute approximate surface area is 215 Å². The fraction of sp³-hybridized carbons (Fsp3) is 0.562. The molecule has 1 nitrogen and oxygen atoms in total. The van der Waals surface area contributed by atoms with E-state index in [2.05, 4.69) is 25.6 Å². The molecule has 2 aliphatic carbocycles. The van der Waals surface area contributed by atoms with Crippen LogP contribution in [0.15, 0.2) is 55.1 Å². The van der Waals surface area contributed by atoms with Crippen LogP contribution in [0.4, 0.5) is 13.2 Å². The van der Waals surface area contributed by atoms with Crippen LogP contribution in [0.2, 0.25) is 0 Å². The Morgan fingerprint density at radius 2 is 1.50 bits per heavy atom.